The van der Waals surface area contributed by atoms with Crippen molar-refractivity contribution in [3.05, 3.63) is 150 Å². The van der Waals surface area contributed by atoms with Crippen LogP contribution in [0.25, 0.3) is 77.2 Å². The lowest BCUT2D eigenvalue weighted by molar-refractivity contribution is 0.00578. The monoisotopic (exact) mass is 884 g/mol. The molecule has 0 radical (unpaired) electrons. The van der Waals surface area contributed by atoms with Gasteiger partial charge in [0.25, 0.3) is 0 Å². The lowest BCUT2D eigenvalue weighted by Crippen LogP contribution is -2.41. The van der Waals surface area contributed by atoms with E-state index >= 15 is 0 Å². The van der Waals surface area contributed by atoms with Gasteiger partial charge in [0.1, 0.15) is 16.3 Å². The maximum absolute atomic E-state index is 8.47. The van der Waals surface area contributed by atoms with E-state index in [0.29, 0.717) is 28.3 Å². The minimum Gasteiger partial charge on any atom is -0.438 e. The zero-order valence-electron chi connectivity index (χ0n) is 48.1. The highest BCUT2D eigenvalue weighted by Gasteiger charge is 2.52. The van der Waals surface area contributed by atoms with Crippen LogP contribution in [0.2, 0.25) is 5.15 Å². The van der Waals surface area contributed by atoms with E-state index in [4.69, 9.17) is 53.9 Å². The molecule has 10 heteroatoms. The van der Waals surface area contributed by atoms with E-state index in [2.05, 4.69) is 60.8 Å². The maximum atomic E-state index is 8.47. The average molecular weight is 885 g/mol. The van der Waals surface area contributed by atoms with Gasteiger partial charge >= 0.3 is 7.12 Å². The van der Waals surface area contributed by atoms with Gasteiger partial charge in [-0.2, -0.15) is 0 Å². The van der Waals surface area contributed by atoms with Crippen molar-refractivity contribution in [2.75, 3.05) is 0 Å². The maximum Gasteiger partial charge on any atom is 0.498 e. The predicted octanol–water partition coefficient (Wildman–Crippen LogP) is 14.9. The fourth-order valence-electron chi connectivity index (χ4n) is 7.32. The molecule has 1 aliphatic rings. The highest BCUT2D eigenvalue weighted by Crippen LogP contribution is 2.39. The molecule has 1 aliphatic heterocycles. The highest BCUT2D eigenvalue weighted by atomic mass is 35.5. The first-order chi connectivity index (χ1) is 35.4. The van der Waals surface area contributed by atoms with Crippen molar-refractivity contribution >= 4 is 90.1 Å². The van der Waals surface area contributed by atoms with E-state index in [0.717, 1.165) is 60.5 Å². The summed E-state index contributed by atoms with van der Waals surface area (Å²) in [5.74, 6) is -5.52. The molecule has 4 aromatic carbocycles. The zero-order chi connectivity index (χ0) is 55.2. The summed E-state index contributed by atoms with van der Waals surface area (Å²) in [5, 5.41) is 5.68. The number of nitrogens with zero attached hydrogens (tertiary/aromatic N) is 4. The van der Waals surface area contributed by atoms with Crippen LogP contribution in [0.1, 0.15) is 112 Å². The van der Waals surface area contributed by atoms with Crippen molar-refractivity contribution in [1.82, 2.24) is 19.9 Å². The molecule has 7 heterocycles. The van der Waals surface area contributed by atoms with Crippen molar-refractivity contribution in [1.29, 1.82) is 0 Å². The minimum absolute atomic E-state index is 0. The zero-order valence-corrected chi connectivity index (χ0v) is 34.8. The van der Waals surface area contributed by atoms with Gasteiger partial charge in [-0.1, -0.05) is 121 Å². The van der Waals surface area contributed by atoms with Gasteiger partial charge in [0.05, 0.1) is 27.9 Å². The molecule has 0 unspecified atom stereocenters. The minimum atomic E-state index is -3.08. The number of rotatable bonds is 4. The molecule has 8 nitrogen and oxygen atoms in total. The fourth-order valence-corrected chi connectivity index (χ4v) is 7.49. The molecule has 10 aromatic rings. The standard InChI is InChI=1S/C23H18N2O.C21H20BNO3.C8H10ClN.2CH4/c1-14(2)15-10-11-24-21(13-15)18-8-5-7-17-19-12-16-6-3-4-9-20(16)25-23(19)26-22(17)18;1-20(2)21(3,4)26-22(25-20)16-10-7-9-14-15-12-13-8-5-6-11-17(13)23-19(15)24-18(14)16;1-6(2)7-3-4-10-8(9)5-7;;/h3-14H,1-2H3;5-12H,1-4H3;3-6H,1-2H3;2*1H4/i1D3,2D3,14D;;1D3,2D3,6D;;. The van der Waals surface area contributed by atoms with Gasteiger partial charge in [-0.25, -0.2) is 15.0 Å². The molecule has 0 amide bonds. The van der Waals surface area contributed by atoms with Gasteiger partial charge in [0, 0.05) is 74.9 Å². The Morgan fingerprint density at radius 2 is 1.09 bits per heavy atom. The summed E-state index contributed by atoms with van der Waals surface area (Å²) in [6, 6.07) is 36.3. The summed E-state index contributed by atoms with van der Waals surface area (Å²) >= 11 is 5.59. The quantitative estimate of drug-likeness (QED) is 0.127. The molecule has 0 spiro atoms. The second-order valence-corrected chi connectivity index (χ2v) is 16.2. The van der Waals surface area contributed by atoms with Gasteiger partial charge in [-0.15, -0.1) is 0 Å². The molecule has 0 bridgehead atoms. The van der Waals surface area contributed by atoms with Crippen LogP contribution in [0.3, 0.4) is 0 Å². The number of halogens is 1. The molecule has 326 valence electrons. The number of furan rings is 2. The summed E-state index contributed by atoms with van der Waals surface area (Å²) in [7, 11) is -0.460. The predicted molar refractivity (Wildman–Crippen MR) is 268 cm³/mol. The second-order valence-electron chi connectivity index (χ2n) is 15.8. The molecule has 11 rings (SSSR count). The van der Waals surface area contributed by atoms with E-state index in [1.807, 2.05) is 72.8 Å². The highest BCUT2D eigenvalue weighted by molar-refractivity contribution is 6.65. The Kier molecular flexibility index (Phi) is 8.76. The topological polar surface area (TPSA) is 96.3 Å². The van der Waals surface area contributed by atoms with Gasteiger partial charge < -0.3 is 18.1 Å². The number of hydrogen-bond acceptors (Lipinski definition) is 8. The molecule has 0 aliphatic carbocycles. The number of fused-ring (bicyclic) bond motifs is 8. The van der Waals surface area contributed by atoms with Gasteiger partial charge in [-0.3, -0.25) is 4.98 Å². The molecule has 1 saturated heterocycles. The fraction of sp³-hybridized carbons (Fsp3) is 0.259. The molecule has 64 heavy (non-hydrogen) atoms. The summed E-state index contributed by atoms with van der Waals surface area (Å²) in [5.41, 5.74) is 4.72. The Labute approximate surface area is 400 Å². The SMILES string of the molecule is C.C.CC1(C)OB(c2cccc3c2oc2nc4ccccc4cc23)OC1(C)C.[2H]C([2H])([2H])C([2H])(c1ccnc(-c2cccc3c2oc2nc4ccccc4cc23)c1)C([2H])([2H])[2H].[2H]C([2H])([2H])C([2H])(c1ccnc(Cl)c1)C([2H])([2H])[2H]. The first kappa shape index (κ1) is 30.9. The summed E-state index contributed by atoms with van der Waals surface area (Å²) in [6.07, 6.45) is 2.50. The molecule has 1 fully saturated rings. The van der Waals surface area contributed by atoms with Crippen molar-refractivity contribution in [3.8, 4) is 11.3 Å². The molecule has 6 aromatic heterocycles. The van der Waals surface area contributed by atoms with E-state index < -0.39 is 57.5 Å². The second kappa shape index (κ2) is 18.2. The lowest BCUT2D eigenvalue weighted by atomic mass is 9.78. The first-order valence-corrected chi connectivity index (χ1v) is 20.1. The first-order valence-electron chi connectivity index (χ1n) is 26.7. The van der Waals surface area contributed by atoms with Gasteiger partial charge in [0.2, 0.25) is 11.4 Å². The largest absolute Gasteiger partial charge is 0.498 e. The molecular formula is C54H56BClN4O4. The smallest absolute Gasteiger partial charge is 0.438 e. The number of aromatic nitrogens is 4. The third-order valence-electron chi connectivity index (χ3n) is 11.3. The van der Waals surface area contributed by atoms with Crippen molar-refractivity contribution in [2.24, 2.45) is 0 Å². The Morgan fingerprint density at radius 3 is 1.67 bits per heavy atom. The molecule has 0 N–H and O–H groups in total. The van der Waals surface area contributed by atoms with Crippen LogP contribution >= 0.6 is 11.6 Å². The number of pyridine rings is 4. The average Bonchev–Trinajstić information content (AvgIpc) is 3.99. The van der Waals surface area contributed by atoms with Crippen molar-refractivity contribution in [3.63, 3.8) is 0 Å². The molecule has 0 atom stereocenters. The van der Waals surface area contributed by atoms with Crippen molar-refractivity contribution in [2.45, 2.75) is 92.9 Å². The molecular weight excluding hydrogens is 815 g/mol. The normalized spacial score (nSPS) is 18.5. The Morgan fingerprint density at radius 1 is 0.578 bits per heavy atom. The third-order valence-corrected chi connectivity index (χ3v) is 11.5. The van der Waals surface area contributed by atoms with Crippen LogP contribution in [-0.2, 0) is 9.31 Å². The van der Waals surface area contributed by atoms with Crippen LogP contribution in [0.4, 0.5) is 0 Å². The van der Waals surface area contributed by atoms with E-state index in [1.54, 1.807) is 6.07 Å². The van der Waals surface area contributed by atoms with Crippen molar-refractivity contribution < 1.29 is 37.3 Å². The third kappa shape index (κ3) is 8.72. The van der Waals surface area contributed by atoms with Crippen LogP contribution in [0.5, 0.6) is 0 Å². The van der Waals surface area contributed by atoms with E-state index in [9.17, 15) is 0 Å². The number of hydrogen-bond donors (Lipinski definition) is 0. The van der Waals surface area contributed by atoms with Crippen LogP contribution < -0.4 is 5.46 Å². The van der Waals surface area contributed by atoms with E-state index in [-0.39, 0.29) is 31.1 Å². The Hall–Kier alpha value is -6.13. The summed E-state index contributed by atoms with van der Waals surface area (Å²) in [4.78, 5) is 17.3. The van der Waals surface area contributed by atoms with Gasteiger partial charge in [-0.05, 0) is 105 Å². The summed E-state index contributed by atoms with van der Waals surface area (Å²) < 4.78 is 131. The Balaban J connectivity index is 0.000000176. The number of para-hydroxylation sites is 4. The van der Waals surface area contributed by atoms with Gasteiger partial charge in [0.15, 0.2) is 0 Å². The molecule has 0 saturated carbocycles. The lowest BCUT2D eigenvalue weighted by Gasteiger charge is -2.32. The Bertz CT molecular complexity index is 3790. The number of benzene rings is 4. The van der Waals surface area contributed by atoms with E-state index in [1.165, 1.54) is 30.6 Å². The van der Waals surface area contributed by atoms with Crippen LogP contribution in [0.15, 0.2) is 143 Å². The van der Waals surface area contributed by atoms with Crippen LogP contribution in [-0.4, -0.2) is 38.3 Å². The summed E-state index contributed by atoms with van der Waals surface area (Å²) in [6.45, 7) is -3.93. The van der Waals surface area contributed by atoms with Crippen LogP contribution in [0, 0.1) is 0 Å².